The molecule has 0 amide bonds. The van der Waals surface area contributed by atoms with Crippen LogP contribution in [0.25, 0.3) is 0 Å². The molecule has 0 heterocycles. The van der Waals surface area contributed by atoms with Crippen molar-refractivity contribution in [1.82, 2.24) is 0 Å². The largest absolute Gasteiger partial charge is 0.491 e. The predicted octanol–water partition coefficient (Wildman–Crippen LogP) is 3.76. The van der Waals surface area contributed by atoms with E-state index >= 15 is 0 Å². The van der Waals surface area contributed by atoms with E-state index in [0.29, 0.717) is 5.75 Å². The molecule has 0 saturated carbocycles. The lowest BCUT2D eigenvalue weighted by molar-refractivity contribution is 0.0945. The highest BCUT2D eigenvalue weighted by molar-refractivity contribution is 6.21. The van der Waals surface area contributed by atoms with Crippen molar-refractivity contribution < 1.29 is 13.5 Å². The van der Waals surface area contributed by atoms with Gasteiger partial charge in [-0.05, 0) is 37.6 Å². The van der Waals surface area contributed by atoms with E-state index in [9.17, 15) is 8.78 Å². The van der Waals surface area contributed by atoms with Crippen LogP contribution in [-0.4, -0.2) is 6.10 Å². The van der Waals surface area contributed by atoms with Gasteiger partial charge in [0.25, 0.3) is 0 Å². The Morgan fingerprint density at radius 2 is 2.00 bits per heavy atom. The molecule has 4 heteroatoms. The van der Waals surface area contributed by atoms with Gasteiger partial charge in [-0.2, -0.15) is 8.78 Å². The van der Waals surface area contributed by atoms with E-state index in [1.54, 1.807) is 6.07 Å². The van der Waals surface area contributed by atoms with Crippen LogP contribution in [0.2, 0.25) is 0 Å². The minimum Gasteiger partial charge on any atom is -0.491 e. The lowest BCUT2D eigenvalue weighted by Crippen LogP contribution is -2.07. The minimum absolute atomic E-state index is 0.0470. The fourth-order valence-corrected chi connectivity index (χ4v) is 1.14. The van der Waals surface area contributed by atoms with Gasteiger partial charge in [0.15, 0.2) is 0 Å². The quantitative estimate of drug-likeness (QED) is 0.705. The first-order valence-corrected chi connectivity index (χ1v) is 4.61. The second-order valence-corrected chi connectivity index (χ2v) is 3.67. The first-order chi connectivity index (χ1) is 6.39. The predicted molar refractivity (Wildman–Crippen MR) is 52.0 cm³/mol. The summed E-state index contributed by atoms with van der Waals surface area (Å²) >= 11 is 4.88. The number of hydrogen-bond acceptors (Lipinski definition) is 1. The van der Waals surface area contributed by atoms with E-state index in [0.717, 1.165) is 0 Å². The molecule has 0 N–H and O–H groups in total. The van der Waals surface area contributed by atoms with Crippen LogP contribution in [0.15, 0.2) is 24.3 Å². The van der Waals surface area contributed by atoms with Crippen molar-refractivity contribution in [3.63, 3.8) is 0 Å². The van der Waals surface area contributed by atoms with Gasteiger partial charge < -0.3 is 4.74 Å². The van der Waals surface area contributed by atoms with Crippen molar-refractivity contribution in [2.24, 2.45) is 0 Å². The number of rotatable bonds is 3. The van der Waals surface area contributed by atoms with Crippen molar-refractivity contribution in [3.8, 4) is 5.75 Å². The standard InChI is InChI=1S/C10H11ClF2O/c1-7(2)14-9-5-3-4-8(6-9)10(11,12)13/h3-7H,1-2H3. The van der Waals surface area contributed by atoms with Crippen molar-refractivity contribution in [1.29, 1.82) is 0 Å². The van der Waals surface area contributed by atoms with Crippen LogP contribution < -0.4 is 4.74 Å². The van der Waals surface area contributed by atoms with Crippen LogP contribution in [0.5, 0.6) is 5.75 Å². The van der Waals surface area contributed by atoms with E-state index in [-0.39, 0.29) is 11.7 Å². The summed E-state index contributed by atoms with van der Waals surface area (Å²) in [5.74, 6) is 0.401. The first-order valence-electron chi connectivity index (χ1n) is 4.23. The molecular weight excluding hydrogens is 210 g/mol. The van der Waals surface area contributed by atoms with Crippen LogP contribution in [0, 0.1) is 0 Å². The van der Waals surface area contributed by atoms with Crippen molar-refractivity contribution in [2.45, 2.75) is 25.3 Å². The van der Waals surface area contributed by atoms with Gasteiger partial charge in [0.1, 0.15) is 5.75 Å². The highest BCUT2D eigenvalue weighted by Crippen LogP contribution is 2.33. The average molecular weight is 221 g/mol. The zero-order chi connectivity index (χ0) is 10.8. The third kappa shape index (κ3) is 3.14. The molecule has 1 rings (SSSR count). The highest BCUT2D eigenvalue weighted by Gasteiger charge is 2.27. The number of hydrogen-bond donors (Lipinski definition) is 0. The maximum atomic E-state index is 12.7. The van der Waals surface area contributed by atoms with Crippen LogP contribution in [-0.2, 0) is 5.38 Å². The molecule has 0 bridgehead atoms. The summed E-state index contributed by atoms with van der Waals surface area (Å²) in [6.07, 6.45) is -0.0470. The molecule has 0 aromatic heterocycles. The van der Waals surface area contributed by atoms with Gasteiger partial charge in [-0.1, -0.05) is 12.1 Å². The third-order valence-electron chi connectivity index (χ3n) is 1.53. The molecule has 0 unspecified atom stereocenters. The van der Waals surface area contributed by atoms with E-state index in [4.69, 9.17) is 16.3 Å². The molecule has 0 aliphatic heterocycles. The smallest absolute Gasteiger partial charge is 0.348 e. The SMILES string of the molecule is CC(C)Oc1cccc(C(F)(F)Cl)c1. The zero-order valence-electron chi connectivity index (χ0n) is 7.93. The summed E-state index contributed by atoms with van der Waals surface area (Å²) in [4.78, 5) is 0. The Morgan fingerprint density at radius 3 is 2.50 bits per heavy atom. The molecule has 0 fully saturated rings. The Kier molecular flexibility index (Phi) is 3.32. The summed E-state index contributed by atoms with van der Waals surface area (Å²) in [5, 5.41) is -3.34. The van der Waals surface area contributed by atoms with Crippen LogP contribution in [0.4, 0.5) is 8.78 Å². The molecule has 0 atom stereocenters. The van der Waals surface area contributed by atoms with E-state index in [1.165, 1.54) is 18.2 Å². The third-order valence-corrected chi connectivity index (χ3v) is 1.75. The average Bonchev–Trinajstić information content (AvgIpc) is 2.01. The Balaban J connectivity index is 2.90. The molecule has 0 radical (unpaired) electrons. The van der Waals surface area contributed by atoms with Gasteiger partial charge >= 0.3 is 5.38 Å². The molecular formula is C10H11ClF2O. The maximum absolute atomic E-state index is 12.7. The fraction of sp³-hybridized carbons (Fsp3) is 0.400. The fourth-order valence-electron chi connectivity index (χ4n) is 1.02. The number of benzene rings is 1. The van der Waals surface area contributed by atoms with Crippen molar-refractivity contribution in [2.75, 3.05) is 0 Å². The number of halogens is 3. The lowest BCUT2D eigenvalue weighted by Gasteiger charge is -2.12. The molecule has 0 aliphatic rings. The van der Waals surface area contributed by atoms with Crippen molar-refractivity contribution in [3.05, 3.63) is 29.8 Å². The Hall–Kier alpha value is -0.830. The highest BCUT2D eigenvalue weighted by atomic mass is 35.5. The van der Waals surface area contributed by atoms with Gasteiger partial charge in [-0.3, -0.25) is 0 Å². The van der Waals surface area contributed by atoms with E-state index in [1.807, 2.05) is 13.8 Å². The molecule has 0 aliphatic carbocycles. The van der Waals surface area contributed by atoms with Crippen LogP contribution >= 0.6 is 11.6 Å². The van der Waals surface area contributed by atoms with Gasteiger partial charge in [0, 0.05) is 5.56 Å². The lowest BCUT2D eigenvalue weighted by atomic mass is 10.2. The molecule has 1 aromatic rings. The first kappa shape index (κ1) is 11.2. The van der Waals surface area contributed by atoms with Gasteiger partial charge in [0.2, 0.25) is 0 Å². The molecule has 0 spiro atoms. The summed E-state index contributed by atoms with van der Waals surface area (Å²) in [5.41, 5.74) is -0.252. The number of ether oxygens (including phenoxy) is 1. The molecule has 0 saturated heterocycles. The molecule has 14 heavy (non-hydrogen) atoms. The second-order valence-electron chi connectivity index (χ2n) is 3.19. The molecule has 78 valence electrons. The van der Waals surface area contributed by atoms with Gasteiger partial charge in [-0.25, -0.2) is 0 Å². The van der Waals surface area contributed by atoms with Crippen LogP contribution in [0.1, 0.15) is 19.4 Å². The normalized spacial score (nSPS) is 11.9. The number of alkyl halides is 3. The van der Waals surface area contributed by atoms with Gasteiger partial charge in [0.05, 0.1) is 6.10 Å². The monoisotopic (exact) mass is 220 g/mol. The molecule has 1 aromatic carbocycles. The minimum atomic E-state index is -3.34. The Labute approximate surface area is 86.6 Å². The maximum Gasteiger partial charge on any atom is 0.348 e. The summed E-state index contributed by atoms with van der Waals surface area (Å²) in [6.45, 7) is 3.65. The second kappa shape index (κ2) is 4.13. The van der Waals surface area contributed by atoms with Gasteiger partial charge in [-0.15, -0.1) is 0 Å². The Bertz CT molecular complexity index is 307. The molecule has 1 nitrogen and oxygen atoms in total. The van der Waals surface area contributed by atoms with E-state index < -0.39 is 5.38 Å². The van der Waals surface area contributed by atoms with E-state index in [2.05, 4.69) is 0 Å². The van der Waals surface area contributed by atoms with Crippen LogP contribution in [0.3, 0.4) is 0 Å². The summed E-state index contributed by atoms with van der Waals surface area (Å²) < 4.78 is 30.6. The Morgan fingerprint density at radius 1 is 1.36 bits per heavy atom. The summed E-state index contributed by atoms with van der Waals surface area (Å²) in [7, 11) is 0. The topological polar surface area (TPSA) is 9.23 Å². The summed E-state index contributed by atoms with van der Waals surface area (Å²) in [6, 6.07) is 5.61. The van der Waals surface area contributed by atoms with Crippen molar-refractivity contribution >= 4 is 11.6 Å². The zero-order valence-corrected chi connectivity index (χ0v) is 8.68.